The van der Waals surface area contributed by atoms with Crippen molar-refractivity contribution < 1.29 is 9.53 Å². The van der Waals surface area contributed by atoms with Gasteiger partial charge in [0.05, 0.1) is 13.0 Å². The number of ether oxygens (including phenoxy) is 1. The van der Waals surface area contributed by atoms with Crippen LogP contribution in [0.25, 0.3) is 0 Å². The molecule has 2 nitrogen and oxygen atoms in total. The van der Waals surface area contributed by atoms with Gasteiger partial charge in [0.2, 0.25) is 0 Å². The van der Waals surface area contributed by atoms with Gasteiger partial charge in [-0.1, -0.05) is 60.7 Å². The summed E-state index contributed by atoms with van der Waals surface area (Å²) >= 11 is 0. The quantitative estimate of drug-likeness (QED) is 0.784. The number of hydrogen-bond acceptors (Lipinski definition) is 2. The lowest BCUT2D eigenvalue weighted by Crippen LogP contribution is -2.17. The highest BCUT2D eigenvalue weighted by Gasteiger charge is 2.60. The molecule has 0 spiro atoms. The number of esters is 1. The molecule has 0 bridgehead atoms. The van der Waals surface area contributed by atoms with Crippen LogP contribution in [0.5, 0.6) is 0 Å². The van der Waals surface area contributed by atoms with E-state index in [1.807, 2.05) is 36.4 Å². The molecular weight excluding hydrogens is 236 g/mol. The van der Waals surface area contributed by atoms with E-state index in [9.17, 15) is 4.79 Å². The first-order valence-electron chi connectivity index (χ1n) is 6.48. The predicted molar refractivity (Wildman–Crippen MR) is 73.8 cm³/mol. The molecule has 2 aromatic rings. The van der Waals surface area contributed by atoms with Crippen LogP contribution in [0, 0.1) is 5.92 Å². The number of methoxy groups -OCH3 is 1. The summed E-state index contributed by atoms with van der Waals surface area (Å²) in [6, 6.07) is 20.5. The average molecular weight is 252 g/mol. The Balaban J connectivity index is 2.07. The molecule has 0 amide bonds. The summed E-state index contributed by atoms with van der Waals surface area (Å²) in [6.45, 7) is 0. The molecule has 0 heterocycles. The highest BCUT2D eigenvalue weighted by molar-refractivity contribution is 5.81. The van der Waals surface area contributed by atoms with Crippen LogP contribution in [-0.4, -0.2) is 13.1 Å². The third-order valence-electron chi connectivity index (χ3n) is 4.02. The van der Waals surface area contributed by atoms with E-state index >= 15 is 0 Å². The van der Waals surface area contributed by atoms with Crippen LogP contribution in [0.4, 0.5) is 0 Å². The second kappa shape index (κ2) is 4.54. The highest BCUT2D eigenvalue weighted by Crippen LogP contribution is 2.59. The Bertz CT molecular complexity index is 535. The molecule has 1 saturated carbocycles. The number of hydrogen-bond donors (Lipinski definition) is 0. The van der Waals surface area contributed by atoms with E-state index in [0.717, 1.165) is 6.42 Å². The van der Waals surface area contributed by atoms with Crippen molar-refractivity contribution in [3.05, 3.63) is 71.8 Å². The predicted octanol–water partition coefficient (Wildman–Crippen LogP) is 3.17. The maximum absolute atomic E-state index is 11.9. The molecule has 1 fully saturated rings. The van der Waals surface area contributed by atoms with Crippen LogP contribution in [0.1, 0.15) is 17.5 Å². The molecule has 0 unspecified atom stereocenters. The number of carbonyl (C=O) groups excluding carboxylic acids is 1. The Labute approximate surface area is 113 Å². The van der Waals surface area contributed by atoms with E-state index in [1.165, 1.54) is 18.2 Å². The van der Waals surface area contributed by atoms with Gasteiger partial charge in [0.15, 0.2) is 0 Å². The lowest BCUT2D eigenvalue weighted by atomic mass is 9.86. The zero-order chi connectivity index (χ0) is 13.3. The molecule has 19 heavy (non-hydrogen) atoms. The lowest BCUT2D eigenvalue weighted by Gasteiger charge is -2.18. The van der Waals surface area contributed by atoms with Gasteiger partial charge in [-0.05, 0) is 17.5 Å². The Morgan fingerprint density at radius 2 is 1.47 bits per heavy atom. The molecule has 96 valence electrons. The minimum absolute atomic E-state index is 0.0673. The summed E-state index contributed by atoms with van der Waals surface area (Å²) in [5.41, 5.74) is 2.18. The van der Waals surface area contributed by atoms with Gasteiger partial charge >= 0.3 is 5.97 Å². The van der Waals surface area contributed by atoms with Crippen LogP contribution < -0.4 is 0 Å². The molecule has 0 aliphatic heterocycles. The van der Waals surface area contributed by atoms with E-state index in [4.69, 9.17) is 4.74 Å². The summed E-state index contributed by atoms with van der Waals surface area (Å²) in [5, 5.41) is 0. The van der Waals surface area contributed by atoms with Crippen molar-refractivity contribution in [2.45, 2.75) is 11.8 Å². The summed E-state index contributed by atoms with van der Waals surface area (Å²) in [7, 11) is 1.46. The fourth-order valence-corrected chi connectivity index (χ4v) is 2.97. The molecule has 0 N–H and O–H groups in total. The zero-order valence-corrected chi connectivity index (χ0v) is 10.9. The Hall–Kier alpha value is -2.09. The molecule has 1 atom stereocenters. The van der Waals surface area contributed by atoms with Crippen LogP contribution in [0.3, 0.4) is 0 Å². The number of carbonyl (C=O) groups is 1. The summed E-state index contributed by atoms with van der Waals surface area (Å²) in [6.07, 6.45) is 0.827. The van der Waals surface area contributed by atoms with Gasteiger partial charge in [0, 0.05) is 5.41 Å². The zero-order valence-electron chi connectivity index (χ0n) is 10.9. The van der Waals surface area contributed by atoms with E-state index in [1.54, 1.807) is 0 Å². The molecule has 1 aliphatic carbocycles. The van der Waals surface area contributed by atoms with E-state index in [0.29, 0.717) is 0 Å². The Morgan fingerprint density at radius 1 is 1.00 bits per heavy atom. The van der Waals surface area contributed by atoms with Crippen LogP contribution in [0.15, 0.2) is 60.7 Å². The molecule has 0 saturated heterocycles. The first kappa shape index (κ1) is 12.0. The van der Waals surface area contributed by atoms with Crippen LogP contribution in [-0.2, 0) is 14.9 Å². The van der Waals surface area contributed by atoms with Gasteiger partial charge in [-0.15, -0.1) is 0 Å². The molecule has 3 rings (SSSR count). The van der Waals surface area contributed by atoms with Gasteiger partial charge in [0.1, 0.15) is 0 Å². The monoisotopic (exact) mass is 252 g/mol. The molecule has 2 aromatic carbocycles. The van der Waals surface area contributed by atoms with Crippen LogP contribution in [0.2, 0.25) is 0 Å². The molecule has 0 aromatic heterocycles. The first-order valence-corrected chi connectivity index (χ1v) is 6.48. The first-order chi connectivity index (χ1) is 9.29. The summed E-state index contributed by atoms with van der Waals surface area (Å²) in [5.74, 6) is -0.185. The second-order valence-electron chi connectivity index (χ2n) is 4.98. The second-order valence-corrected chi connectivity index (χ2v) is 4.98. The Morgan fingerprint density at radius 3 is 1.89 bits per heavy atom. The highest BCUT2D eigenvalue weighted by atomic mass is 16.5. The fraction of sp³-hybridized carbons (Fsp3) is 0.235. The average Bonchev–Trinajstić information content (AvgIpc) is 3.25. The molecule has 0 radical (unpaired) electrons. The third kappa shape index (κ3) is 1.84. The SMILES string of the molecule is COC(=O)[C@@H]1CC1(c1ccccc1)c1ccccc1. The Kier molecular flexibility index (Phi) is 2.86. The van der Waals surface area contributed by atoms with Crippen molar-refractivity contribution in [1.82, 2.24) is 0 Å². The van der Waals surface area contributed by atoms with Crippen molar-refractivity contribution in [2.75, 3.05) is 7.11 Å². The molecule has 1 aliphatic rings. The normalized spacial score (nSPS) is 19.7. The minimum Gasteiger partial charge on any atom is -0.469 e. The smallest absolute Gasteiger partial charge is 0.309 e. The summed E-state index contributed by atoms with van der Waals surface area (Å²) in [4.78, 5) is 11.9. The maximum Gasteiger partial charge on any atom is 0.309 e. The molecule has 2 heteroatoms. The van der Waals surface area contributed by atoms with Crippen molar-refractivity contribution in [2.24, 2.45) is 5.92 Å². The standard InChI is InChI=1S/C17H16O2/c1-19-16(18)15-12-17(15,13-8-4-2-5-9-13)14-10-6-3-7-11-14/h2-11,15H,12H2,1H3/t15-/m0/s1. The lowest BCUT2D eigenvalue weighted by molar-refractivity contribution is -0.142. The van der Waals surface area contributed by atoms with Gasteiger partial charge < -0.3 is 4.74 Å². The summed E-state index contributed by atoms with van der Waals surface area (Å²) < 4.78 is 4.93. The van der Waals surface area contributed by atoms with Crippen molar-refractivity contribution in [3.8, 4) is 0 Å². The van der Waals surface area contributed by atoms with Gasteiger partial charge in [-0.3, -0.25) is 4.79 Å². The van der Waals surface area contributed by atoms with Gasteiger partial charge in [-0.2, -0.15) is 0 Å². The maximum atomic E-state index is 11.9. The number of benzene rings is 2. The van der Waals surface area contributed by atoms with Crippen molar-refractivity contribution in [3.63, 3.8) is 0 Å². The van der Waals surface area contributed by atoms with Gasteiger partial charge in [0.25, 0.3) is 0 Å². The topological polar surface area (TPSA) is 26.3 Å². The van der Waals surface area contributed by atoms with E-state index in [-0.39, 0.29) is 17.3 Å². The van der Waals surface area contributed by atoms with Crippen LogP contribution >= 0.6 is 0 Å². The third-order valence-corrected chi connectivity index (χ3v) is 4.02. The fourth-order valence-electron chi connectivity index (χ4n) is 2.97. The largest absolute Gasteiger partial charge is 0.469 e. The van der Waals surface area contributed by atoms with E-state index in [2.05, 4.69) is 24.3 Å². The van der Waals surface area contributed by atoms with E-state index < -0.39 is 0 Å². The van der Waals surface area contributed by atoms with Crippen molar-refractivity contribution >= 4 is 5.97 Å². The van der Waals surface area contributed by atoms with Gasteiger partial charge in [-0.25, -0.2) is 0 Å². The minimum atomic E-state index is -0.199. The van der Waals surface area contributed by atoms with Crippen molar-refractivity contribution in [1.29, 1.82) is 0 Å². The number of rotatable bonds is 3. The molecular formula is C17H16O2.